The van der Waals surface area contributed by atoms with Crippen molar-refractivity contribution in [3.8, 4) is 17.2 Å². The third-order valence-electron chi connectivity index (χ3n) is 3.45. The number of methoxy groups -OCH3 is 2. The highest BCUT2D eigenvalue weighted by atomic mass is 16.5. The van der Waals surface area contributed by atoms with E-state index in [0.29, 0.717) is 23.7 Å². The first-order valence-corrected chi connectivity index (χ1v) is 7.85. The molecule has 0 aliphatic rings. The zero-order valence-electron chi connectivity index (χ0n) is 14.2. The number of hydrogen-bond donors (Lipinski definition) is 0. The van der Waals surface area contributed by atoms with Crippen LogP contribution in [0.2, 0.25) is 0 Å². The molecule has 0 spiro atoms. The topological polar surface area (TPSA) is 44.8 Å². The summed E-state index contributed by atoms with van der Waals surface area (Å²) >= 11 is 0. The van der Waals surface area contributed by atoms with Crippen molar-refractivity contribution in [1.82, 2.24) is 0 Å². The molecule has 0 radical (unpaired) electrons. The lowest BCUT2D eigenvalue weighted by atomic mass is 10.1. The van der Waals surface area contributed by atoms with Crippen LogP contribution in [0.4, 0.5) is 0 Å². The van der Waals surface area contributed by atoms with E-state index in [-0.39, 0.29) is 5.78 Å². The van der Waals surface area contributed by atoms with E-state index in [1.54, 1.807) is 31.4 Å². The number of rotatable bonds is 8. The first kappa shape index (κ1) is 17.6. The summed E-state index contributed by atoms with van der Waals surface area (Å²) in [5.41, 5.74) is 1.39. The Labute approximate surface area is 142 Å². The summed E-state index contributed by atoms with van der Waals surface area (Å²) in [7, 11) is 3.10. The molecule has 4 heteroatoms. The lowest BCUT2D eigenvalue weighted by Gasteiger charge is -2.08. The van der Waals surface area contributed by atoms with Crippen molar-refractivity contribution >= 4 is 11.9 Å². The van der Waals surface area contributed by atoms with E-state index in [1.165, 1.54) is 13.2 Å². The zero-order chi connectivity index (χ0) is 17.4. The van der Waals surface area contributed by atoms with Crippen LogP contribution in [0.5, 0.6) is 17.2 Å². The van der Waals surface area contributed by atoms with E-state index in [1.807, 2.05) is 24.3 Å². The van der Waals surface area contributed by atoms with Gasteiger partial charge in [-0.05, 0) is 48.4 Å². The highest BCUT2D eigenvalue weighted by Crippen LogP contribution is 2.25. The van der Waals surface area contributed by atoms with Crippen molar-refractivity contribution in [2.75, 3.05) is 20.8 Å². The minimum Gasteiger partial charge on any atom is -0.497 e. The monoisotopic (exact) mass is 326 g/mol. The standard InChI is InChI=1S/C20H22O4/c1-4-13-24-16-8-5-15(6-9-16)7-11-19(21)18-14-17(22-2)10-12-20(18)23-3/h5-12,14H,4,13H2,1-3H3. The van der Waals surface area contributed by atoms with Crippen molar-refractivity contribution < 1.29 is 19.0 Å². The molecule has 2 aromatic rings. The van der Waals surface area contributed by atoms with Crippen LogP contribution < -0.4 is 14.2 Å². The van der Waals surface area contributed by atoms with Gasteiger partial charge in [0.2, 0.25) is 0 Å². The van der Waals surface area contributed by atoms with E-state index in [9.17, 15) is 4.79 Å². The predicted octanol–water partition coefficient (Wildman–Crippen LogP) is 4.39. The van der Waals surface area contributed by atoms with Crippen molar-refractivity contribution in [2.45, 2.75) is 13.3 Å². The van der Waals surface area contributed by atoms with Crippen molar-refractivity contribution in [3.63, 3.8) is 0 Å². The lowest BCUT2D eigenvalue weighted by molar-refractivity contribution is 0.104. The second kappa shape index (κ2) is 8.77. The van der Waals surface area contributed by atoms with E-state index in [4.69, 9.17) is 14.2 Å². The number of benzene rings is 2. The second-order valence-electron chi connectivity index (χ2n) is 5.18. The third kappa shape index (κ3) is 4.62. The van der Waals surface area contributed by atoms with Crippen molar-refractivity contribution in [2.24, 2.45) is 0 Å². The molecule has 0 atom stereocenters. The van der Waals surface area contributed by atoms with Crippen LogP contribution in [-0.4, -0.2) is 26.6 Å². The van der Waals surface area contributed by atoms with Crippen LogP contribution in [0.15, 0.2) is 48.5 Å². The van der Waals surface area contributed by atoms with Crippen LogP contribution in [0.1, 0.15) is 29.3 Å². The molecule has 0 amide bonds. The van der Waals surface area contributed by atoms with Gasteiger partial charge in [-0.15, -0.1) is 0 Å². The third-order valence-corrected chi connectivity index (χ3v) is 3.45. The number of allylic oxidation sites excluding steroid dienone is 1. The van der Waals surface area contributed by atoms with Gasteiger partial charge in [0.25, 0.3) is 0 Å². The molecule has 0 aliphatic carbocycles. The maximum atomic E-state index is 12.4. The summed E-state index contributed by atoms with van der Waals surface area (Å²) in [6.07, 6.45) is 4.27. The van der Waals surface area contributed by atoms with E-state index >= 15 is 0 Å². The number of carbonyl (C=O) groups excluding carboxylic acids is 1. The molecule has 0 fully saturated rings. The van der Waals surface area contributed by atoms with Gasteiger partial charge in [0.15, 0.2) is 5.78 Å². The molecular formula is C20H22O4. The molecule has 0 bridgehead atoms. The average Bonchev–Trinajstić information content (AvgIpc) is 2.64. The van der Waals surface area contributed by atoms with Gasteiger partial charge in [0.05, 0.1) is 26.4 Å². The average molecular weight is 326 g/mol. The number of ketones is 1. The van der Waals surface area contributed by atoms with Gasteiger partial charge in [0.1, 0.15) is 17.2 Å². The number of ether oxygens (including phenoxy) is 3. The van der Waals surface area contributed by atoms with E-state index < -0.39 is 0 Å². The van der Waals surface area contributed by atoms with E-state index in [0.717, 1.165) is 17.7 Å². The Morgan fingerprint density at radius 3 is 2.33 bits per heavy atom. The number of carbonyl (C=O) groups is 1. The fourth-order valence-electron chi connectivity index (χ4n) is 2.16. The molecule has 0 saturated carbocycles. The fourth-order valence-corrected chi connectivity index (χ4v) is 2.16. The fraction of sp³-hybridized carbons (Fsp3) is 0.250. The Hall–Kier alpha value is -2.75. The molecule has 0 unspecified atom stereocenters. The van der Waals surface area contributed by atoms with Gasteiger partial charge in [0, 0.05) is 0 Å². The minimum atomic E-state index is -0.142. The van der Waals surface area contributed by atoms with Crippen molar-refractivity contribution in [1.29, 1.82) is 0 Å². The Bertz CT molecular complexity index is 702. The van der Waals surface area contributed by atoms with E-state index in [2.05, 4.69) is 6.92 Å². The molecule has 2 rings (SSSR count). The quantitative estimate of drug-likeness (QED) is 0.533. The Kier molecular flexibility index (Phi) is 6.43. The molecule has 0 saturated heterocycles. The molecule has 0 aliphatic heterocycles. The summed E-state index contributed by atoms with van der Waals surface area (Å²) in [6, 6.07) is 12.8. The summed E-state index contributed by atoms with van der Waals surface area (Å²) < 4.78 is 16.0. The first-order chi connectivity index (χ1) is 11.7. The molecule has 126 valence electrons. The largest absolute Gasteiger partial charge is 0.497 e. The van der Waals surface area contributed by atoms with Gasteiger partial charge in [-0.25, -0.2) is 0 Å². The number of hydrogen-bond acceptors (Lipinski definition) is 4. The summed E-state index contributed by atoms with van der Waals surface area (Å²) in [4.78, 5) is 12.4. The normalized spacial score (nSPS) is 10.6. The van der Waals surface area contributed by atoms with Crippen LogP contribution in [-0.2, 0) is 0 Å². The van der Waals surface area contributed by atoms with Crippen LogP contribution in [0.25, 0.3) is 6.08 Å². The van der Waals surface area contributed by atoms with Gasteiger partial charge in [-0.1, -0.05) is 25.1 Å². The molecule has 24 heavy (non-hydrogen) atoms. The molecule has 4 nitrogen and oxygen atoms in total. The Morgan fingerprint density at radius 2 is 1.71 bits per heavy atom. The van der Waals surface area contributed by atoms with Crippen LogP contribution >= 0.6 is 0 Å². The van der Waals surface area contributed by atoms with Crippen molar-refractivity contribution in [3.05, 3.63) is 59.7 Å². The molecule has 0 heterocycles. The SMILES string of the molecule is CCCOc1ccc(C=CC(=O)c2cc(OC)ccc2OC)cc1. The highest BCUT2D eigenvalue weighted by Gasteiger charge is 2.11. The first-order valence-electron chi connectivity index (χ1n) is 7.85. The van der Waals surface area contributed by atoms with Gasteiger partial charge >= 0.3 is 0 Å². The van der Waals surface area contributed by atoms with Gasteiger partial charge in [-0.3, -0.25) is 4.79 Å². The van der Waals surface area contributed by atoms with Crippen LogP contribution in [0.3, 0.4) is 0 Å². The molecule has 0 aromatic heterocycles. The van der Waals surface area contributed by atoms with Gasteiger partial charge in [-0.2, -0.15) is 0 Å². The minimum absolute atomic E-state index is 0.142. The second-order valence-corrected chi connectivity index (χ2v) is 5.18. The maximum absolute atomic E-state index is 12.4. The highest BCUT2D eigenvalue weighted by molar-refractivity contribution is 6.08. The smallest absolute Gasteiger partial charge is 0.189 e. The van der Waals surface area contributed by atoms with Crippen LogP contribution in [0, 0.1) is 0 Å². The summed E-state index contributed by atoms with van der Waals surface area (Å²) in [5.74, 6) is 1.82. The Balaban J connectivity index is 2.12. The summed E-state index contributed by atoms with van der Waals surface area (Å²) in [6.45, 7) is 2.76. The molecular weight excluding hydrogens is 304 g/mol. The summed E-state index contributed by atoms with van der Waals surface area (Å²) in [5, 5.41) is 0. The van der Waals surface area contributed by atoms with Gasteiger partial charge < -0.3 is 14.2 Å². The molecule has 2 aromatic carbocycles. The zero-order valence-corrected chi connectivity index (χ0v) is 14.2. The molecule has 0 N–H and O–H groups in total. The predicted molar refractivity (Wildman–Crippen MR) is 95.1 cm³/mol. The maximum Gasteiger partial charge on any atom is 0.189 e. The Morgan fingerprint density at radius 1 is 1.00 bits per heavy atom. The lowest BCUT2D eigenvalue weighted by Crippen LogP contribution is -1.99.